The smallest absolute Gasteiger partial charge is 0.253 e. The molecule has 0 radical (unpaired) electrons. The predicted octanol–water partition coefficient (Wildman–Crippen LogP) is 4.12. The van der Waals surface area contributed by atoms with E-state index in [0.717, 1.165) is 44.6 Å². The van der Waals surface area contributed by atoms with Gasteiger partial charge in [0.1, 0.15) is 0 Å². The van der Waals surface area contributed by atoms with Crippen LogP contribution < -0.4 is 4.90 Å². The van der Waals surface area contributed by atoms with Gasteiger partial charge in [0.05, 0.1) is 0 Å². The molecule has 0 spiro atoms. The molecule has 0 unspecified atom stereocenters. The Hall–Kier alpha value is -2.29. The maximum absolute atomic E-state index is 12.7. The molecule has 3 nitrogen and oxygen atoms in total. The molecule has 25 heavy (non-hydrogen) atoms. The maximum atomic E-state index is 12.7. The van der Waals surface area contributed by atoms with Gasteiger partial charge < -0.3 is 9.80 Å². The normalized spacial score (nSPS) is 19.8. The number of carbonyl (C=O) groups excluding carboxylic acids is 1. The van der Waals surface area contributed by atoms with E-state index in [1.807, 2.05) is 17.0 Å². The second kappa shape index (κ2) is 6.91. The van der Waals surface area contributed by atoms with Gasteiger partial charge in [-0.2, -0.15) is 0 Å². The van der Waals surface area contributed by atoms with Crippen molar-refractivity contribution in [3.05, 3.63) is 65.2 Å². The zero-order valence-electron chi connectivity index (χ0n) is 14.9. The largest absolute Gasteiger partial charge is 0.367 e. The summed E-state index contributed by atoms with van der Waals surface area (Å²) in [7, 11) is 0. The van der Waals surface area contributed by atoms with E-state index in [9.17, 15) is 4.79 Å². The van der Waals surface area contributed by atoms with E-state index in [-0.39, 0.29) is 5.91 Å². The molecule has 3 heteroatoms. The van der Waals surface area contributed by atoms with Crippen LogP contribution in [0.15, 0.2) is 48.5 Å². The number of hydrogen-bond acceptors (Lipinski definition) is 2. The van der Waals surface area contributed by atoms with Gasteiger partial charge in [-0.05, 0) is 54.5 Å². The molecule has 1 fully saturated rings. The first-order valence-corrected chi connectivity index (χ1v) is 9.42. The van der Waals surface area contributed by atoms with Crippen molar-refractivity contribution in [2.75, 3.05) is 24.5 Å². The number of likely N-dealkylation sites (tertiary alicyclic amines) is 1. The summed E-state index contributed by atoms with van der Waals surface area (Å²) in [5.41, 5.74) is 4.87. The minimum Gasteiger partial charge on any atom is -0.367 e. The lowest BCUT2D eigenvalue weighted by Gasteiger charge is -2.31. The molecule has 4 rings (SSSR count). The molecule has 0 aromatic heterocycles. The van der Waals surface area contributed by atoms with Crippen LogP contribution in [0.4, 0.5) is 5.69 Å². The number of nitrogens with zero attached hydrogens (tertiary/aromatic N) is 2. The molecule has 2 heterocycles. The Morgan fingerprint density at radius 1 is 1.08 bits per heavy atom. The number of para-hydroxylation sites is 1. The molecule has 1 amide bonds. The molecule has 0 saturated carbocycles. The van der Waals surface area contributed by atoms with Gasteiger partial charge in [-0.25, -0.2) is 0 Å². The Morgan fingerprint density at radius 2 is 1.88 bits per heavy atom. The molecular weight excluding hydrogens is 308 g/mol. The first-order chi connectivity index (χ1) is 12.2. The van der Waals surface area contributed by atoms with Crippen molar-refractivity contribution in [3.8, 4) is 0 Å². The fourth-order valence-electron chi connectivity index (χ4n) is 4.10. The SMILES string of the molecule is C[C@@H]1CCCN(C(=O)c2ccc(CN3CCc4ccccc43)cc2)C1. The highest BCUT2D eigenvalue weighted by Crippen LogP contribution is 2.29. The molecule has 0 bridgehead atoms. The molecule has 2 aromatic carbocycles. The summed E-state index contributed by atoms with van der Waals surface area (Å²) < 4.78 is 0. The number of fused-ring (bicyclic) bond motifs is 1. The number of anilines is 1. The van der Waals surface area contributed by atoms with Gasteiger partial charge in [0.25, 0.3) is 5.91 Å². The lowest BCUT2D eigenvalue weighted by atomic mass is 9.99. The van der Waals surface area contributed by atoms with Gasteiger partial charge in [0.15, 0.2) is 0 Å². The van der Waals surface area contributed by atoms with E-state index in [1.165, 1.54) is 23.2 Å². The number of benzene rings is 2. The average molecular weight is 334 g/mol. The van der Waals surface area contributed by atoms with E-state index < -0.39 is 0 Å². The van der Waals surface area contributed by atoms with Crippen LogP contribution in [0.5, 0.6) is 0 Å². The number of rotatable bonds is 3. The highest BCUT2D eigenvalue weighted by atomic mass is 16.2. The van der Waals surface area contributed by atoms with Crippen LogP contribution in [0.2, 0.25) is 0 Å². The maximum Gasteiger partial charge on any atom is 0.253 e. The summed E-state index contributed by atoms with van der Waals surface area (Å²) in [5.74, 6) is 0.803. The minimum atomic E-state index is 0.185. The van der Waals surface area contributed by atoms with Gasteiger partial charge >= 0.3 is 0 Å². The third kappa shape index (κ3) is 3.41. The molecule has 0 N–H and O–H groups in total. The summed E-state index contributed by atoms with van der Waals surface area (Å²) in [4.78, 5) is 17.1. The van der Waals surface area contributed by atoms with E-state index in [1.54, 1.807) is 0 Å². The Labute approximate surface area is 150 Å². The van der Waals surface area contributed by atoms with Crippen LogP contribution in [0.3, 0.4) is 0 Å². The highest BCUT2D eigenvalue weighted by Gasteiger charge is 2.22. The zero-order chi connectivity index (χ0) is 17.2. The fourth-order valence-corrected chi connectivity index (χ4v) is 4.10. The van der Waals surface area contributed by atoms with E-state index >= 15 is 0 Å². The van der Waals surface area contributed by atoms with Crippen LogP contribution in [-0.2, 0) is 13.0 Å². The lowest BCUT2D eigenvalue weighted by molar-refractivity contribution is 0.0683. The summed E-state index contributed by atoms with van der Waals surface area (Å²) >= 11 is 0. The monoisotopic (exact) mass is 334 g/mol. The number of piperidine rings is 1. The predicted molar refractivity (Wildman–Crippen MR) is 102 cm³/mol. The quantitative estimate of drug-likeness (QED) is 0.843. The van der Waals surface area contributed by atoms with Crippen LogP contribution >= 0.6 is 0 Å². The standard InChI is InChI=1S/C22H26N2O/c1-17-5-4-13-24(15-17)22(25)20-10-8-18(9-11-20)16-23-14-12-19-6-2-3-7-21(19)23/h2-3,6-11,17H,4-5,12-16H2,1H3/t17-/m1/s1. The van der Waals surface area contributed by atoms with Gasteiger partial charge in [0, 0.05) is 37.4 Å². The molecule has 1 atom stereocenters. The Bertz CT molecular complexity index is 753. The van der Waals surface area contributed by atoms with Crippen LogP contribution in [-0.4, -0.2) is 30.4 Å². The highest BCUT2D eigenvalue weighted by molar-refractivity contribution is 5.94. The third-order valence-electron chi connectivity index (χ3n) is 5.50. The Kier molecular flexibility index (Phi) is 4.48. The molecule has 130 valence electrons. The summed E-state index contributed by atoms with van der Waals surface area (Å²) in [6.07, 6.45) is 3.49. The van der Waals surface area contributed by atoms with Crippen molar-refractivity contribution < 1.29 is 4.79 Å². The fraction of sp³-hybridized carbons (Fsp3) is 0.409. The first-order valence-electron chi connectivity index (χ1n) is 9.42. The Balaban J connectivity index is 1.43. The van der Waals surface area contributed by atoms with Gasteiger partial charge in [-0.1, -0.05) is 37.3 Å². The first kappa shape index (κ1) is 16.2. The van der Waals surface area contributed by atoms with Crippen LogP contribution in [0.25, 0.3) is 0 Å². The van der Waals surface area contributed by atoms with E-state index in [2.05, 4.69) is 48.2 Å². The number of amides is 1. The minimum absolute atomic E-state index is 0.185. The molecule has 1 saturated heterocycles. The lowest BCUT2D eigenvalue weighted by Crippen LogP contribution is -2.39. The van der Waals surface area contributed by atoms with Gasteiger partial charge in [-0.15, -0.1) is 0 Å². The van der Waals surface area contributed by atoms with Crippen LogP contribution in [0, 0.1) is 5.92 Å². The molecule has 2 aromatic rings. The summed E-state index contributed by atoms with van der Waals surface area (Å²) in [5, 5.41) is 0. The molecule has 2 aliphatic heterocycles. The van der Waals surface area contributed by atoms with Crippen molar-refractivity contribution >= 4 is 11.6 Å². The topological polar surface area (TPSA) is 23.6 Å². The summed E-state index contributed by atoms with van der Waals surface area (Å²) in [6.45, 7) is 6.01. The van der Waals surface area contributed by atoms with Crippen molar-refractivity contribution in [2.24, 2.45) is 5.92 Å². The molecular formula is C22H26N2O. The van der Waals surface area contributed by atoms with Gasteiger partial charge in [0.2, 0.25) is 0 Å². The number of hydrogen-bond donors (Lipinski definition) is 0. The second-order valence-electron chi connectivity index (χ2n) is 7.50. The van der Waals surface area contributed by atoms with Crippen molar-refractivity contribution in [1.29, 1.82) is 0 Å². The zero-order valence-corrected chi connectivity index (χ0v) is 14.9. The van der Waals surface area contributed by atoms with Gasteiger partial charge in [-0.3, -0.25) is 4.79 Å². The second-order valence-corrected chi connectivity index (χ2v) is 7.50. The third-order valence-corrected chi connectivity index (χ3v) is 5.50. The van der Waals surface area contributed by atoms with Crippen molar-refractivity contribution in [2.45, 2.75) is 32.7 Å². The van der Waals surface area contributed by atoms with Crippen LogP contribution in [0.1, 0.15) is 41.3 Å². The van der Waals surface area contributed by atoms with E-state index in [0.29, 0.717) is 5.92 Å². The van der Waals surface area contributed by atoms with Crippen molar-refractivity contribution in [1.82, 2.24) is 4.90 Å². The van der Waals surface area contributed by atoms with E-state index in [4.69, 9.17) is 0 Å². The van der Waals surface area contributed by atoms with Crippen molar-refractivity contribution in [3.63, 3.8) is 0 Å². The average Bonchev–Trinajstić information content (AvgIpc) is 3.05. The number of carbonyl (C=O) groups is 1. The molecule has 0 aliphatic carbocycles. The Morgan fingerprint density at radius 3 is 2.68 bits per heavy atom. The summed E-state index contributed by atoms with van der Waals surface area (Å²) in [6, 6.07) is 16.9. The molecule has 2 aliphatic rings.